The molecule has 0 aliphatic heterocycles. The number of hydrogen-bond donors (Lipinski definition) is 1. The monoisotopic (exact) mass is 315 g/mol. The summed E-state index contributed by atoms with van der Waals surface area (Å²) >= 11 is 1.68. The van der Waals surface area contributed by atoms with E-state index in [9.17, 15) is 4.79 Å². The summed E-state index contributed by atoms with van der Waals surface area (Å²) in [5, 5.41) is 15.6. The van der Waals surface area contributed by atoms with Crippen molar-refractivity contribution in [3.8, 4) is 6.07 Å². The summed E-state index contributed by atoms with van der Waals surface area (Å²) in [4.78, 5) is 12.0. The molecule has 0 unspecified atom stereocenters. The van der Waals surface area contributed by atoms with E-state index >= 15 is 0 Å². The third-order valence-corrected chi connectivity index (χ3v) is 4.20. The highest BCUT2D eigenvalue weighted by atomic mass is 32.2. The quantitative estimate of drug-likeness (QED) is 0.829. The predicted molar refractivity (Wildman–Crippen MR) is 85.6 cm³/mol. The molecule has 6 heteroatoms. The maximum Gasteiger partial charge on any atom is 0.256 e. The first-order valence-corrected chi connectivity index (χ1v) is 8.05. The van der Waals surface area contributed by atoms with Crippen molar-refractivity contribution in [2.75, 3.05) is 12.3 Å². The number of aromatic nitrogens is 1. The Morgan fingerprint density at radius 2 is 2.18 bits per heavy atom. The number of hydrogen-bond acceptors (Lipinski definition) is 5. The molecule has 0 spiro atoms. The summed E-state index contributed by atoms with van der Waals surface area (Å²) in [7, 11) is 0. The molecule has 1 aromatic heterocycles. The Hall–Kier alpha value is -2.26. The normalized spacial score (nSPS) is 10.2. The minimum atomic E-state index is -0.158. The van der Waals surface area contributed by atoms with Gasteiger partial charge in [0.15, 0.2) is 0 Å². The van der Waals surface area contributed by atoms with Crippen molar-refractivity contribution in [1.82, 2.24) is 10.5 Å². The molecule has 1 aromatic carbocycles. The molecule has 2 rings (SSSR count). The van der Waals surface area contributed by atoms with Crippen molar-refractivity contribution in [2.45, 2.75) is 19.6 Å². The number of benzene rings is 1. The fourth-order valence-electron chi connectivity index (χ4n) is 2.07. The lowest BCUT2D eigenvalue weighted by Crippen LogP contribution is -2.26. The molecule has 1 heterocycles. The molecule has 5 nitrogen and oxygen atoms in total. The number of amides is 1. The van der Waals surface area contributed by atoms with Crippen molar-refractivity contribution >= 4 is 17.7 Å². The van der Waals surface area contributed by atoms with Crippen LogP contribution in [-0.4, -0.2) is 23.4 Å². The smallest absolute Gasteiger partial charge is 0.256 e. The molecule has 0 aliphatic carbocycles. The summed E-state index contributed by atoms with van der Waals surface area (Å²) in [6.07, 6.45) is 0. The van der Waals surface area contributed by atoms with E-state index in [0.29, 0.717) is 29.1 Å². The fourth-order valence-corrected chi connectivity index (χ4v) is 2.93. The second-order valence-electron chi connectivity index (χ2n) is 4.78. The lowest BCUT2D eigenvalue weighted by molar-refractivity contribution is 0.0954. The van der Waals surface area contributed by atoms with Crippen LogP contribution in [0, 0.1) is 25.2 Å². The minimum Gasteiger partial charge on any atom is -0.361 e. The van der Waals surface area contributed by atoms with Crippen molar-refractivity contribution in [2.24, 2.45) is 0 Å². The van der Waals surface area contributed by atoms with Gasteiger partial charge < -0.3 is 9.84 Å². The number of nitrogens with zero attached hydrogens (tertiary/aromatic N) is 2. The third kappa shape index (κ3) is 3.89. The van der Waals surface area contributed by atoms with Crippen LogP contribution in [0.15, 0.2) is 28.8 Å². The SMILES string of the molecule is Cc1noc(C)c1C(=O)NCCSCc1ccccc1C#N. The first kappa shape index (κ1) is 16.1. The van der Waals surface area contributed by atoms with Gasteiger partial charge in [-0.15, -0.1) is 0 Å². The van der Waals surface area contributed by atoms with Crippen LogP contribution in [0.3, 0.4) is 0 Å². The summed E-state index contributed by atoms with van der Waals surface area (Å²) in [5.41, 5.74) is 2.84. The Balaban J connectivity index is 1.76. The molecule has 2 aromatic rings. The highest BCUT2D eigenvalue weighted by molar-refractivity contribution is 7.98. The molecule has 1 amide bonds. The Morgan fingerprint density at radius 3 is 2.86 bits per heavy atom. The number of rotatable bonds is 6. The number of carbonyl (C=O) groups is 1. The van der Waals surface area contributed by atoms with E-state index in [1.807, 2.05) is 24.3 Å². The van der Waals surface area contributed by atoms with Crippen molar-refractivity contribution in [3.05, 3.63) is 52.4 Å². The van der Waals surface area contributed by atoms with Crippen LogP contribution < -0.4 is 5.32 Å². The van der Waals surface area contributed by atoms with E-state index in [0.717, 1.165) is 17.1 Å². The van der Waals surface area contributed by atoms with Gasteiger partial charge in [0.2, 0.25) is 0 Å². The van der Waals surface area contributed by atoms with Crippen LogP contribution in [-0.2, 0) is 5.75 Å². The molecule has 0 saturated carbocycles. The van der Waals surface area contributed by atoms with Gasteiger partial charge >= 0.3 is 0 Å². The lowest BCUT2D eigenvalue weighted by Gasteiger charge is -2.06. The number of nitrogens with one attached hydrogen (secondary N) is 1. The van der Waals surface area contributed by atoms with E-state index in [1.165, 1.54) is 0 Å². The molecular weight excluding hydrogens is 298 g/mol. The Labute approximate surface area is 133 Å². The average molecular weight is 315 g/mol. The van der Waals surface area contributed by atoms with E-state index in [1.54, 1.807) is 25.6 Å². The summed E-state index contributed by atoms with van der Waals surface area (Å²) < 4.78 is 4.98. The number of thioether (sulfide) groups is 1. The highest BCUT2D eigenvalue weighted by Gasteiger charge is 2.16. The van der Waals surface area contributed by atoms with E-state index in [-0.39, 0.29) is 5.91 Å². The van der Waals surface area contributed by atoms with Gasteiger partial charge in [-0.2, -0.15) is 17.0 Å². The molecule has 0 saturated heterocycles. The van der Waals surface area contributed by atoms with Crippen LogP contribution in [0.4, 0.5) is 0 Å². The Kier molecular flexibility index (Phi) is 5.61. The molecule has 22 heavy (non-hydrogen) atoms. The Bertz CT molecular complexity index is 684. The first-order valence-electron chi connectivity index (χ1n) is 6.90. The highest BCUT2D eigenvalue weighted by Crippen LogP contribution is 2.16. The van der Waals surface area contributed by atoms with Gasteiger partial charge in [0.25, 0.3) is 5.91 Å². The van der Waals surface area contributed by atoms with Gasteiger partial charge in [-0.3, -0.25) is 4.79 Å². The number of carbonyl (C=O) groups excluding carboxylic acids is 1. The minimum absolute atomic E-state index is 0.158. The third-order valence-electron chi connectivity index (χ3n) is 3.19. The lowest BCUT2D eigenvalue weighted by atomic mass is 10.1. The molecule has 0 fully saturated rings. The molecule has 0 aliphatic rings. The summed E-state index contributed by atoms with van der Waals surface area (Å²) in [5.74, 6) is 1.90. The molecular formula is C16H17N3O2S. The zero-order chi connectivity index (χ0) is 15.9. The van der Waals surface area contributed by atoms with Gasteiger partial charge in [-0.1, -0.05) is 23.4 Å². The summed E-state index contributed by atoms with van der Waals surface area (Å²) in [6.45, 7) is 4.03. The molecule has 0 radical (unpaired) electrons. The van der Waals surface area contributed by atoms with Crippen molar-refractivity contribution in [1.29, 1.82) is 5.26 Å². The van der Waals surface area contributed by atoms with Gasteiger partial charge in [-0.25, -0.2) is 0 Å². The maximum absolute atomic E-state index is 12.0. The van der Waals surface area contributed by atoms with Gasteiger partial charge in [0.1, 0.15) is 11.3 Å². The Morgan fingerprint density at radius 1 is 1.41 bits per heavy atom. The zero-order valence-corrected chi connectivity index (χ0v) is 13.4. The van der Waals surface area contributed by atoms with E-state index in [2.05, 4.69) is 16.5 Å². The van der Waals surface area contributed by atoms with Crippen molar-refractivity contribution < 1.29 is 9.32 Å². The van der Waals surface area contributed by atoms with Crippen molar-refractivity contribution in [3.63, 3.8) is 0 Å². The van der Waals surface area contributed by atoms with Crippen LogP contribution in [0.5, 0.6) is 0 Å². The summed E-state index contributed by atoms with van der Waals surface area (Å²) in [6, 6.07) is 9.74. The van der Waals surface area contributed by atoms with Gasteiger partial charge in [0.05, 0.1) is 17.3 Å². The van der Waals surface area contributed by atoms with Gasteiger partial charge in [-0.05, 0) is 25.5 Å². The second-order valence-corrected chi connectivity index (χ2v) is 5.88. The van der Waals surface area contributed by atoms with Crippen LogP contribution in [0.25, 0.3) is 0 Å². The average Bonchev–Trinajstić information content (AvgIpc) is 2.86. The molecule has 0 atom stereocenters. The standard InChI is InChI=1S/C16H17N3O2S/c1-11-15(12(2)21-19-11)16(20)18-7-8-22-10-14-6-4-3-5-13(14)9-17/h3-6H,7-8,10H2,1-2H3,(H,18,20). The van der Waals surface area contributed by atoms with Crippen LogP contribution in [0.2, 0.25) is 0 Å². The maximum atomic E-state index is 12.0. The molecule has 0 bridgehead atoms. The van der Waals surface area contributed by atoms with E-state index < -0.39 is 0 Å². The fraction of sp³-hybridized carbons (Fsp3) is 0.312. The largest absolute Gasteiger partial charge is 0.361 e. The van der Waals surface area contributed by atoms with Gasteiger partial charge in [0, 0.05) is 18.1 Å². The van der Waals surface area contributed by atoms with Crippen LogP contribution >= 0.6 is 11.8 Å². The predicted octanol–water partition coefficient (Wildman–Crippen LogP) is 2.83. The number of nitriles is 1. The first-order chi connectivity index (χ1) is 10.6. The zero-order valence-electron chi connectivity index (χ0n) is 12.5. The van der Waals surface area contributed by atoms with E-state index in [4.69, 9.17) is 9.78 Å². The molecule has 1 N–H and O–H groups in total. The van der Waals surface area contributed by atoms with Crippen LogP contribution in [0.1, 0.15) is 32.9 Å². The topological polar surface area (TPSA) is 78.9 Å². The number of aryl methyl sites for hydroxylation is 2. The molecule has 114 valence electrons. The second kappa shape index (κ2) is 7.66.